The van der Waals surface area contributed by atoms with E-state index in [1.807, 2.05) is 0 Å². The first-order valence-electron chi connectivity index (χ1n) is 5.66. The summed E-state index contributed by atoms with van der Waals surface area (Å²) in [6, 6.07) is 1.30. The number of aromatic nitrogens is 1. The number of nitrogens with zero attached hydrogens (tertiary/aromatic N) is 2. The number of carboxylic acid groups (broad SMARTS) is 1. The molecular weight excluding hydrogens is 239 g/mol. The van der Waals surface area contributed by atoms with Gasteiger partial charge in [-0.3, -0.25) is 14.6 Å². The molecule has 1 saturated heterocycles. The van der Waals surface area contributed by atoms with Gasteiger partial charge in [-0.2, -0.15) is 0 Å². The van der Waals surface area contributed by atoms with Crippen molar-refractivity contribution in [3.05, 3.63) is 29.8 Å². The second-order valence-electron chi connectivity index (χ2n) is 4.36. The standard InChI is InChI=1S/C12H13FN2O3/c13-10-3-8(4-14-5-10)6-15-7-9(12(17)18)1-2-11(15)16/h3-5,9H,1-2,6-7H2,(H,17,18). The maximum atomic E-state index is 13.0. The van der Waals surface area contributed by atoms with Crippen molar-refractivity contribution in [2.75, 3.05) is 6.54 Å². The number of hydrogen-bond donors (Lipinski definition) is 1. The summed E-state index contributed by atoms with van der Waals surface area (Å²) in [5.41, 5.74) is 0.564. The summed E-state index contributed by atoms with van der Waals surface area (Å²) >= 11 is 0. The van der Waals surface area contributed by atoms with E-state index >= 15 is 0 Å². The molecule has 1 amide bonds. The van der Waals surface area contributed by atoms with Crippen LogP contribution in [0.3, 0.4) is 0 Å². The van der Waals surface area contributed by atoms with Crippen molar-refractivity contribution in [3.8, 4) is 0 Å². The zero-order valence-electron chi connectivity index (χ0n) is 9.67. The van der Waals surface area contributed by atoms with Crippen LogP contribution in [0.1, 0.15) is 18.4 Å². The van der Waals surface area contributed by atoms with Crippen LogP contribution in [0.15, 0.2) is 18.5 Å². The van der Waals surface area contributed by atoms with E-state index in [1.165, 1.54) is 17.2 Å². The van der Waals surface area contributed by atoms with Crippen molar-refractivity contribution < 1.29 is 19.1 Å². The molecule has 0 spiro atoms. The summed E-state index contributed by atoms with van der Waals surface area (Å²) in [5, 5.41) is 8.94. The van der Waals surface area contributed by atoms with Crippen molar-refractivity contribution in [2.45, 2.75) is 19.4 Å². The number of aliphatic carboxylic acids is 1. The molecule has 2 heterocycles. The highest BCUT2D eigenvalue weighted by Gasteiger charge is 2.29. The minimum absolute atomic E-state index is 0.100. The van der Waals surface area contributed by atoms with Crippen LogP contribution in [0.5, 0.6) is 0 Å². The van der Waals surface area contributed by atoms with Crippen LogP contribution in [0, 0.1) is 11.7 Å². The average Bonchev–Trinajstić information content (AvgIpc) is 2.31. The van der Waals surface area contributed by atoms with Crippen LogP contribution in [0.2, 0.25) is 0 Å². The number of hydrogen-bond acceptors (Lipinski definition) is 3. The smallest absolute Gasteiger partial charge is 0.308 e. The molecule has 1 N–H and O–H groups in total. The van der Waals surface area contributed by atoms with Gasteiger partial charge in [0.25, 0.3) is 0 Å². The van der Waals surface area contributed by atoms with Crippen molar-refractivity contribution in [1.29, 1.82) is 0 Å². The van der Waals surface area contributed by atoms with Crippen molar-refractivity contribution >= 4 is 11.9 Å². The van der Waals surface area contributed by atoms with E-state index in [0.29, 0.717) is 12.0 Å². The maximum absolute atomic E-state index is 13.0. The number of piperidine rings is 1. The molecule has 0 radical (unpaired) electrons. The van der Waals surface area contributed by atoms with Gasteiger partial charge in [0, 0.05) is 25.7 Å². The molecule has 0 saturated carbocycles. The van der Waals surface area contributed by atoms with Gasteiger partial charge in [-0.25, -0.2) is 4.39 Å². The molecule has 1 fully saturated rings. The van der Waals surface area contributed by atoms with Crippen molar-refractivity contribution in [2.24, 2.45) is 5.92 Å². The topological polar surface area (TPSA) is 70.5 Å². The molecule has 0 aromatic carbocycles. The summed E-state index contributed by atoms with van der Waals surface area (Å²) in [6.07, 6.45) is 3.15. The maximum Gasteiger partial charge on any atom is 0.308 e. The lowest BCUT2D eigenvalue weighted by atomic mass is 9.97. The first-order chi connectivity index (χ1) is 8.56. The zero-order chi connectivity index (χ0) is 13.1. The van der Waals surface area contributed by atoms with Crippen LogP contribution in [-0.4, -0.2) is 33.4 Å². The number of amides is 1. The third-order valence-corrected chi connectivity index (χ3v) is 2.98. The van der Waals surface area contributed by atoms with Crippen molar-refractivity contribution in [1.82, 2.24) is 9.88 Å². The molecule has 2 rings (SSSR count). The Morgan fingerprint density at radius 1 is 1.56 bits per heavy atom. The fourth-order valence-corrected chi connectivity index (χ4v) is 2.03. The molecule has 1 aliphatic heterocycles. The Hall–Kier alpha value is -1.98. The van der Waals surface area contributed by atoms with Crippen LogP contribution in [0.4, 0.5) is 4.39 Å². The highest BCUT2D eigenvalue weighted by molar-refractivity contribution is 5.80. The fourth-order valence-electron chi connectivity index (χ4n) is 2.03. The number of carbonyl (C=O) groups is 2. The van der Waals surface area contributed by atoms with Gasteiger partial charge in [0.15, 0.2) is 0 Å². The van der Waals surface area contributed by atoms with E-state index in [4.69, 9.17) is 5.11 Å². The Kier molecular flexibility index (Phi) is 3.55. The molecule has 0 bridgehead atoms. The molecule has 1 aliphatic rings. The van der Waals surface area contributed by atoms with Gasteiger partial charge >= 0.3 is 5.97 Å². The first-order valence-corrected chi connectivity index (χ1v) is 5.66. The quantitative estimate of drug-likeness (QED) is 0.872. The van der Waals surface area contributed by atoms with E-state index in [1.54, 1.807) is 0 Å². The number of carbonyl (C=O) groups excluding carboxylic acids is 1. The summed E-state index contributed by atoms with van der Waals surface area (Å²) < 4.78 is 13.0. The second-order valence-corrected chi connectivity index (χ2v) is 4.36. The predicted octanol–water partition coefficient (Wildman–Crippen LogP) is 1.04. The molecule has 0 aliphatic carbocycles. The average molecular weight is 252 g/mol. The first kappa shape index (κ1) is 12.5. The van der Waals surface area contributed by atoms with Crippen molar-refractivity contribution in [3.63, 3.8) is 0 Å². The normalized spacial score (nSPS) is 19.9. The number of pyridine rings is 1. The lowest BCUT2D eigenvalue weighted by Gasteiger charge is -2.30. The minimum atomic E-state index is -0.898. The molecule has 1 atom stereocenters. The Morgan fingerprint density at radius 3 is 3.00 bits per heavy atom. The van der Waals surface area contributed by atoms with Crippen LogP contribution in [0.25, 0.3) is 0 Å². The molecule has 1 aromatic heterocycles. The molecule has 18 heavy (non-hydrogen) atoms. The highest BCUT2D eigenvalue weighted by atomic mass is 19.1. The van der Waals surface area contributed by atoms with Gasteiger partial charge in [0.05, 0.1) is 12.1 Å². The molecule has 1 unspecified atom stereocenters. The number of rotatable bonds is 3. The van der Waals surface area contributed by atoms with E-state index in [0.717, 1.165) is 6.20 Å². The largest absolute Gasteiger partial charge is 0.481 e. The van der Waals surface area contributed by atoms with Crippen LogP contribution >= 0.6 is 0 Å². The number of halogens is 1. The lowest BCUT2D eigenvalue weighted by molar-refractivity contribution is -0.147. The van der Waals surface area contributed by atoms with Gasteiger partial charge in [-0.1, -0.05) is 0 Å². The van der Waals surface area contributed by atoms with E-state index in [2.05, 4.69) is 4.98 Å². The Balaban J connectivity index is 2.07. The molecule has 1 aromatic rings. The molecular formula is C12H13FN2O3. The Bertz CT molecular complexity index is 478. The monoisotopic (exact) mass is 252 g/mol. The van der Waals surface area contributed by atoms with Crippen LogP contribution in [-0.2, 0) is 16.1 Å². The summed E-state index contributed by atoms with van der Waals surface area (Å²) in [7, 11) is 0. The van der Waals surface area contributed by atoms with E-state index in [9.17, 15) is 14.0 Å². The SMILES string of the molecule is O=C(O)C1CCC(=O)N(Cc2cncc(F)c2)C1. The van der Waals surface area contributed by atoms with Gasteiger partial charge < -0.3 is 10.0 Å². The summed E-state index contributed by atoms with van der Waals surface area (Å²) in [4.78, 5) is 27.7. The minimum Gasteiger partial charge on any atom is -0.481 e. The zero-order valence-corrected chi connectivity index (χ0v) is 9.67. The Labute approximate surface area is 103 Å². The van der Waals surface area contributed by atoms with E-state index < -0.39 is 17.7 Å². The fraction of sp³-hybridized carbons (Fsp3) is 0.417. The van der Waals surface area contributed by atoms with Gasteiger partial charge in [-0.05, 0) is 18.1 Å². The third kappa shape index (κ3) is 2.82. The molecule has 6 heteroatoms. The number of likely N-dealkylation sites (tertiary alicyclic amines) is 1. The summed E-state index contributed by atoms with van der Waals surface area (Å²) in [6.45, 7) is 0.373. The predicted molar refractivity (Wildman–Crippen MR) is 60.0 cm³/mol. The van der Waals surface area contributed by atoms with E-state index in [-0.39, 0.29) is 25.4 Å². The van der Waals surface area contributed by atoms with Gasteiger partial charge in [0.1, 0.15) is 5.82 Å². The van der Waals surface area contributed by atoms with Crippen LogP contribution < -0.4 is 0 Å². The van der Waals surface area contributed by atoms with Gasteiger partial charge in [0.2, 0.25) is 5.91 Å². The third-order valence-electron chi connectivity index (χ3n) is 2.98. The Morgan fingerprint density at radius 2 is 2.33 bits per heavy atom. The second kappa shape index (κ2) is 5.12. The van der Waals surface area contributed by atoms with Gasteiger partial charge in [-0.15, -0.1) is 0 Å². The summed E-state index contributed by atoms with van der Waals surface area (Å²) in [5.74, 6) is -2.00. The lowest BCUT2D eigenvalue weighted by Crippen LogP contribution is -2.42. The highest BCUT2D eigenvalue weighted by Crippen LogP contribution is 2.19. The number of carboxylic acids is 1. The molecule has 96 valence electrons. The molecule has 5 nitrogen and oxygen atoms in total.